The fourth-order valence-electron chi connectivity index (χ4n) is 1.81. The van der Waals surface area contributed by atoms with E-state index in [1.807, 2.05) is 38.1 Å². The van der Waals surface area contributed by atoms with Gasteiger partial charge in [-0.1, -0.05) is 18.2 Å². The summed E-state index contributed by atoms with van der Waals surface area (Å²) < 4.78 is 0. The minimum absolute atomic E-state index is 0.0717. The number of benzene rings is 1. The molecule has 0 radical (unpaired) electrons. The average molecular weight is 239 g/mol. The maximum Gasteiger partial charge on any atom is 0.222 e. The molecule has 0 spiro atoms. The lowest BCUT2D eigenvalue weighted by atomic mass is 9.98. The molecule has 5 heteroatoms. The van der Waals surface area contributed by atoms with Gasteiger partial charge in [-0.3, -0.25) is 0 Å². The Morgan fingerprint density at radius 2 is 1.89 bits per heavy atom. The van der Waals surface area contributed by atoms with Gasteiger partial charge in [0.15, 0.2) is 0 Å². The van der Waals surface area contributed by atoms with Crippen LogP contribution in [0.15, 0.2) is 18.2 Å². The fourth-order valence-corrected chi connectivity index (χ4v) is 1.81. The number of hydrogen-bond donors (Lipinski definition) is 2. The molecule has 0 aliphatic carbocycles. The van der Waals surface area contributed by atoms with Crippen molar-refractivity contribution in [3.8, 4) is 17.3 Å². The van der Waals surface area contributed by atoms with Crippen LogP contribution in [0.3, 0.4) is 0 Å². The molecule has 0 saturated heterocycles. The van der Waals surface area contributed by atoms with E-state index in [2.05, 4.69) is 9.97 Å². The van der Waals surface area contributed by atoms with Crippen molar-refractivity contribution >= 4 is 11.8 Å². The van der Waals surface area contributed by atoms with Gasteiger partial charge in [0.05, 0.1) is 5.69 Å². The lowest BCUT2D eigenvalue weighted by Crippen LogP contribution is -2.05. The molecular formula is C13H13N5. The second-order valence-electron chi connectivity index (χ2n) is 4.05. The zero-order chi connectivity index (χ0) is 13.3. The van der Waals surface area contributed by atoms with E-state index in [1.54, 1.807) is 0 Å². The van der Waals surface area contributed by atoms with Crippen LogP contribution in [0.4, 0.5) is 11.8 Å². The third kappa shape index (κ3) is 1.84. The first-order chi connectivity index (χ1) is 8.54. The third-order valence-electron chi connectivity index (χ3n) is 2.93. The van der Waals surface area contributed by atoms with Gasteiger partial charge in [-0.25, -0.2) is 4.98 Å². The maximum atomic E-state index is 9.16. The molecule has 1 aromatic carbocycles. The number of aromatic nitrogens is 2. The number of nitrogens with two attached hydrogens (primary N) is 2. The van der Waals surface area contributed by atoms with Gasteiger partial charge in [0.1, 0.15) is 17.5 Å². The fraction of sp³-hybridized carbons (Fsp3) is 0.154. The van der Waals surface area contributed by atoms with Gasteiger partial charge < -0.3 is 11.5 Å². The average Bonchev–Trinajstić information content (AvgIpc) is 2.32. The zero-order valence-electron chi connectivity index (χ0n) is 10.2. The van der Waals surface area contributed by atoms with Gasteiger partial charge in [0, 0.05) is 5.56 Å². The standard InChI is InChI=1S/C13H13N5/c1-7-4-3-5-9(8(7)2)11-10(6-14)12(15)18-13(16)17-11/h3-5H,1-2H3,(H4,15,16,17,18). The van der Waals surface area contributed by atoms with E-state index in [9.17, 15) is 0 Å². The SMILES string of the molecule is Cc1cccc(-c2nc(N)nc(N)c2C#N)c1C. The lowest BCUT2D eigenvalue weighted by Gasteiger charge is -2.10. The highest BCUT2D eigenvalue weighted by Gasteiger charge is 2.15. The normalized spacial score (nSPS) is 10.1. The highest BCUT2D eigenvalue weighted by Crippen LogP contribution is 2.29. The Labute approximate surface area is 105 Å². The quantitative estimate of drug-likeness (QED) is 0.790. The van der Waals surface area contributed by atoms with Gasteiger partial charge in [-0.05, 0) is 25.0 Å². The van der Waals surface area contributed by atoms with Crippen molar-refractivity contribution in [3.05, 3.63) is 34.9 Å². The molecule has 18 heavy (non-hydrogen) atoms. The summed E-state index contributed by atoms with van der Waals surface area (Å²) in [7, 11) is 0. The molecule has 0 saturated carbocycles. The van der Waals surface area contributed by atoms with Crippen molar-refractivity contribution in [2.45, 2.75) is 13.8 Å². The largest absolute Gasteiger partial charge is 0.382 e. The van der Waals surface area contributed by atoms with Crippen molar-refractivity contribution in [1.82, 2.24) is 9.97 Å². The van der Waals surface area contributed by atoms with E-state index in [0.29, 0.717) is 5.69 Å². The Morgan fingerprint density at radius 1 is 1.17 bits per heavy atom. The number of nitrogen functional groups attached to an aromatic ring is 2. The van der Waals surface area contributed by atoms with Crippen LogP contribution >= 0.6 is 0 Å². The zero-order valence-corrected chi connectivity index (χ0v) is 10.2. The topological polar surface area (TPSA) is 102 Å². The predicted molar refractivity (Wildman–Crippen MR) is 70.5 cm³/mol. The molecule has 0 aliphatic heterocycles. The van der Waals surface area contributed by atoms with Crippen molar-refractivity contribution in [2.24, 2.45) is 0 Å². The van der Waals surface area contributed by atoms with E-state index in [4.69, 9.17) is 16.7 Å². The van der Waals surface area contributed by atoms with Crippen LogP contribution in [0.2, 0.25) is 0 Å². The molecule has 0 amide bonds. The Balaban J connectivity index is 2.79. The first-order valence-corrected chi connectivity index (χ1v) is 5.44. The Hall–Kier alpha value is -2.61. The summed E-state index contributed by atoms with van der Waals surface area (Å²) in [5, 5.41) is 9.16. The minimum Gasteiger partial charge on any atom is -0.382 e. The number of nitrogens with zero attached hydrogens (tertiary/aromatic N) is 3. The van der Waals surface area contributed by atoms with Crippen LogP contribution in [-0.2, 0) is 0 Å². The summed E-state index contributed by atoms with van der Waals surface area (Å²) in [6.45, 7) is 3.97. The first kappa shape index (κ1) is 11.9. The van der Waals surface area contributed by atoms with Crippen molar-refractivity contribution in [2.75, 3.05) is 11.5 Å². The molecule has 1 heterocycles. The van der Waals surface area contributed by atoms with Crippen LogP contribution in [0.5, 0.6) is 0 Å². The highest BCUT2D eigenvalue weighted by atomic mass is 15.0. The molecule has 0 aliphatic rings. The summed E-state index contributed by atoms with van der Waals surface area (Å²) >= 11 is 0. The second-order valence-corrected chi connectivity index (χ2v) is 4.05. The molecule has 2 rings (SSSR count). The van der Waals surface area contributed by atoms with Gasteiger partial charge in [0.25, 0.3) is 0 Å². The minimum atomic E-state index is 0.0717. The Kier molecular flexibility index (Phi) is 2.86. The molecule has 1 aromatic heterocycles. The van der Waals surface area contributed by atoms with Crippen LogP contribution < -0.4 is 11.5 Å². The van der Waals surface area contributed by atoms with E-state index in [0.717, 1.165) is 16.7 Å². The predicted octanol–water partition coefficient (Wildman–Crippen LogP) is 1.80. The molecule has 0 atom stereocenters. The number of aryl methyl sites for hydroxylation is 1. The summed E-state index contributed by atoms with van der Waals surface area (Å²) in [6.07, 6.45) is 0. The van der Waals surface area contributed by atoms with E-state index >= 15 is 0 Å². The molecule has 2 aromatic rings. The number of rotatable bonds is 1. The molecule has 0 fully saturated rings. The van der Waals surface area contributed by atoms with Gasteiger partial charge in [-0.15, -0.1) is 0 Å². The lowest BCUT2D eigenvalue weighted by molar-refractivity contribution is 1.17. The number of nitriles is 1. The van der Waals surface area contributed by atoms with Gasteiger partial charge in [0.2, 0.25) is 5.95 Å². The summed E-state index contributed by atoms with van der Waals surface area (Å²) in [6, 6.07) is 7.83. The van der Waals surface area contributed by atoms with Crippen molar-refractivity contribution in [3.63, 3.8) is 0 Å². The Morgan fingerprint density at radius 3 is 2.56 bits per heavy atom. The Bertz CT molecular complexity index is 655. The van der Waals surface area contributed by atoms with Crippen LogP contribution in [0, 0.1) is 25.2 Å². The van der Waals surface area contributed by atoms with Crippen molar-refractivity contribution in [1.29, 1.82) is 5.26 Å². The van der Waals surface area contributed by atoms with E-state index < -0.39 is 0 Å². The summed E-state index contributed by atoms with van der Waals surface area (Å²) in [5.74, 6) is 0.184. The monoisotopic (exact) mass is 239 g/mol. The molecule has 5 nitrogen and oxygen atoms in total. The van der Waals surface area contributed by atoms with Crippen LogP contribution in [0.1, 0.15) is 16.7 Å². The summed E-state index contributed by atoms with van der Waals surface area (Å²) in [4.78, 5) is 7.95. The van der Waals surface area contributed by atoms with Crippen LogP contribution in [0.25, 0.3) is 11.3 Å². The van der Waals surface area contributed by atoms with E-state index in [-0.39, 0.29) is 17.3 Å². The molecule has 90 valence electrons. The first-order valence-electron chi connectivity index (χ1n) is 5.44. The maximum absolute atomic E-state index is 9.16. The number of anilines is 2. The second kappa shape index (κ2) is 4.34. The highest BCUT2D eigenvalue weighted by molar-refractivity contribution is 5.75. The molecular weight excluding hydrogens is 226 g/mol. The van der Waals surface area contributed by atoms with Crippen LogP contribution in [-0.4, -0.2) is 9.97 Å². The third-order valence-corrected chi connectivity index (χ3v) is 2.93. The van der Waals surface area contributed by atoms with Crippen molar-refractivity contribution < 1.29 is 0 Å². The van der Waals surface area contributed by atoms with Gasteiger partial charge >= 0.3 is 0 Å². The van der Waals surface area contributed by atoms with E-state index in [1.165, 1.54) is 0 Å². The molecule has 0 bridgehead atoms. The molecule has 0 unspecified atom stereocenters. The van der Waals surface area contributed by atoms with Gasteiger partial charge in [-0.2, -0.15) is 10.2 Å². The number of hydrogen-bond acceptors (Lipinski definition) is 5. The summed E-state index contributed by atoms with van der Waals surface area (Å²) in [5.41, 5.74) is 15.1. The molecule has 4 N–H and O–H groups in total. The smallest absolute Gasteiger partial charge is 0.222 e.